The number of aryl methyl sites for hydroxylation is 1. The molecule has 0 spiro atoms. The highest BCUT2D eigenvalue weighted by Gasteiger charge is 2.07. The van der Waals surface area contributed by atoms with Gasteiger partial charge in [-0.3, -0.25) is 4.79 Å². The molecule has 0 saturated carbocycles. The topological polar surface area (TPSA) is 17.1 Å². The van der Waals surface area contributed by atoms with Gasteiger partial charge in [-0.1, -0.05) is 91.0 Å². The van der Waals surface area contributed by atoms with Crippen LogP contribution in [-0.4, -0.2) is 5.78 Å². The summed E-state index contributed by atoms with van der Waals surface area (Å²) in [5, 5.41) is 0. The molecule has 1 nitrogen and oxygen atoms in total. The fraction of sp³-hybridized carbons (Fsp3) is 0.0870. The van der Waals surface area contributed by atoms with Crippen LogP contribution < -0.4 is 0 Å². The third kappa shape index (κ3) is 4.30. The van der Waals surface area contributed by atoms with Crippen molar-refractivity contribution in [3.05, 3.63) is 114 Å². The van der Waals surface area contributed by atoms with Crippen LogP contribution in [0.3, 0.4) is 0 Å². The molecule has 0 atom stereocenters. The maximum Gasteiger partial charge on any atom is 0.186 e. The SMILES string of the molecule is O=C(/C=C(/CCc1ccccc1)c1ccccc1)c1ccccc1. The molecule has 0 amide bonds. The minimum Gasteiger partial charge on any atom is -0.289 e. The molecular formula is C23H20O. The van der Waals surface area contributed by atoms with Crippen molar-refractivity contribution in [1.82, 2.24) is 0 Å². The molecule has 24 heavy (non-hydrogen) atoms. The molecule has 0 aliphatic carbocycles. The van der Waals surface area contributed by atoms with Gasteiger partial charge in [0.15, 0.2) is 5.78 Å². The van der Waals surface area contributed by atoms with Gasteiger partial charge in [0, 0.05) is 5.56 Å². The summed E-state index contributed by atoms with van der Waals surface area (Å²) in [5.41, 5.74) is 4.20. The standard InChI is InChI=1S/C23H20O/c24-23(21-14-8-3-9-15-21)18-22(20-12-6-2-7-13-20)17-16-19-10-4-1-5-11-19/h1-15,18H,16-17H2/b22-18-. The summed E-state index contributed by atoms with van der Waals surface area (Å²) < 4.78 is 0. The molecule has 0 saturated heterocycles. The van der Waals surface area contributed by atoms with Crippen molar-refractivity contribution in [2.75, 3.05) is 0 Å². The van der Waals surface area contributed by atoms with Crippen LogP contribution in [0.4, 0.5) is 0 Å². The Morgan fingerprint density at radius 3 is 1.75 bits per heavy atom. The van der Waals surface area contributed by atoms with Gasteiger partial charge in [0.2, 0.25) is 0 Å². The lowest BCUT2D eigenvalue weighted by atomic mass is 9.96. The maximum absolute atomic E-state index is 12.6. The van der Waals surface area contributed by atoms with E-state index >= 15 is 0 Å². The predicted octanol–water partition coefficient (Wildman–Crippen LogP) is 5.59. The Balaban J connectivity index is 1.85. The molecule has 3 rings (SSSR count). The van der Waals surface area contributed by atoms with Gasteiger partial charge in [0.05, 0.1) is 0 Å². The van der Waals surface area contributed by atoms with E-state index in [2.05, 4.69) is 36.4 Å². The van der Waals surface area contributed by atoms with E-state index in [1.54, 1.807) is 6.08 Å². The highest BCUT2D eigenvalue weighted by Crippen LogP contribution is 2.21. The monoisotopic (exact) mass is 312 g/mol. The predicted molar refractivity (Wildman–Crippen MR) is 100.0 cm³/mol. The Labute approximate surface area is 143 Å². The molecule has 0 aliphatic heterocycles. The number of carbonyl (C=O) groups excluding carboxylic acids is 1. The van der Waals surface area contributed by atoms with Gasteiger partial charge in [-0.2, -0.15) is 0 Å². The third-order valence-corrected chi connectivity index (χ3v) is 4.03. The quantitative estimate of drug-likeness (QED) is 0.428. The minimum absolute atomic E-state index is 0.0579. The Morgan fingerprint density at radius 2 is 1.17 bits per heavy atom. The summed E-state index contributed by atoms with van der Waals surface area (Å²) in [6, 6.07) is 30.0. The lowest BCUT2D eigenvalue weighted by molar-refractivity contribution is 0.104. The molecule has 0 radical (unpaired) electrons. The van der Waals surface area contributed by atoms with E-state index in [1.165, 1.54) is 5.56 Å². The van der Waals surface area contributed by atoms with E-state index < -0.39 is 0 Å². The van der Waals surface area contributed by atoms with Gasteiger partial charge in [-0.25, -0.2) is 0 Å². The zero-order valence-corrected chi connectivity index (χ0v) is 13.6. The first kappa shape index (κ1) is 15.9. The Kier molecular flexibility index (Phi) is 5.36. The van der Waals surface area contributed by atoms with Gasteiger partial charge < -0.3 is 0 Å². The van der Waals surface area contributed by atoms with E-state index in [9.17, 15) is 4.79 Å². The zero-order valence-electron chi connectivity index (χ0n) is 13.6. The van der Waals surface area contributed by atoms with Crippen molar-refractivity contribution in [1.29, 1.82) is 0 Å². The lowest BCUT2D eigenvalue weighted by Gasteiger charge is -2.08. The van der Waals surface area contributed by atoms with E-state index in [1.807, 2.05) is 54.6 Å². The summed E-state index contributed by atoms with van der Waals surface area (Å²) in [7, 11) is 0. The third-order valence-electron chi connectivity index (χ3n) is 4.03. The first-order valence-electron chi connectivity index (χ1n) is 8.22. The smallest absolute Gasteiger partial charge is 0.186 e. The van der Waals surface area contributed by atoms with Crippen LogP contribution in [0, 0.1) is 0 Å². The average molecular weight is 312 g/mol. The summed E-state index contributed by atoms with van der Waals surface area (Å²) in [4.78, 5) is 12.6. The van der Waals surface area contributed by atoms with Gasteiger partial charge in [-0.15, -0.1) is 0 Å². The molecule has 3 aromatic rings. The molecule has 0 aromatic heterocycles. The second-order valence-corrected chi connectivity index (χ2v) is 5.75. The van der Waals surface area contributed by atoms with Crippen molar-refractivity contribution in [3.63, 3.8) is 0 Å². The van der Waals surface area contributed by atoms with Crippen LogP contribution in [-0.2, 0) is 6.42 Å². The maximum atomic E-state index is 12.6. The van der Waals surface area contributed by atoms with Crippen LogP contribution in [0.5, 0.6) is 0 Å². The van der Waals surface area contributed by atoms with E-state index in [0.29, 0.717) is 0 Å². The van der Waals surface area contributed by atoms with Crippen molar-refractivity contribution in [2.45, 2.75) is 12.8 Å². The molecular weight excluding hydrogens is 292 g/mol. The molecule has 118 valence electrons. The Morgan fingerprint density at radius 1 is 0.667 bits per heavy atom. The molecule has 0 heterocycles. The van der Waals surface area contributed by atoms with Crippen molar-refractivity contribution < 1.29 is 4.79 Å². The molecule has 0 bridgehead atoms. The molecule has 0 aliphatic rings. The largest absolute Gasteiger partial charge is 0.289 e. The summed E-state index contributed by atoms with van der Waals surface area (Å²) in [6.45, 7) is 0. The second-order valence-electron chi connectivity index (χ2n) is 5.75. The van der Waals surface area contributed by atoms with E-state index in [-0.39, 0.29) is 5.78 Å². The van der Waals surface area contributed by atoms with Crippen molar-refractivity contribution in [3.8, 4) is 0 Å². The number of benzene rings is 3. The van der Waals surface area contributed by atoms with Crippen molar-refractivity contribution in [2.24, 2.45) is 0 Å². The minimum atomic E-state index is 0.0579. The van der Waals surface area contributed by atoms with Gasteiger partial charge in [0.1, 0.15) is 0 Å². The van der Waals surface area contributed by atoms with Crippen molar-refractivity contribution >= 4 is 11.4 Å². The van der Waals surface area contributed by atoms with Crippen LogP contribution >= 0.6 is 0 Å². The number of ketones is 1. The Bertz CT molecular complexity index is 802. The zero-order chi connectivity index (χ0) is 16.6. The lowest BCUT2D eigenvalue weighted by Crippen LogP contribution is -1.98. The van der Waals surface area contributed by atoms with Crippen LogP contribution in [0.25, 0.3) is 5.57 Å². The van der Waals surface area contributed by atoms with E-state index in [4.69, 9.17) is 0 Å². The number of carbonyl (C=O) groups is 1. The van der Waals surface area contributed by atoms with Crippen LogP contribution in [0.1, 0.15) is 27.9 Å². The molecule has 0 unspecified atom stereocenters. The first-order valence-corrected chi connectivity index (χ1v) is 8.22. The van der Waals surface area contributed by atoms with E-state index in [0.717, 1.165) is 29.5 Å². The normalized spacial score (nSPS) is 11.2. The number of hydrogen-bond donors (Lipinski definition) is 0. The molecule has 3 aromatic carbocycles. The Hall–Kier alpha value is -2.93. The average Bonchev–Trinajstić information content (AvgIpc) is 2.67. The van der Waals surface area contributed by atoms with Gasteiger partial charge in [-0.05, 0) is 35.6 Å². The fourth-order valence-electron chi connectivity index (χ4n) is 2.72. The highest BCUT2D eigenvalue weighted by molar-refractivity contribution is 6.08. The van der Waals surface area contributed by atoms with Gasteiger partial charge in [0.25, 0.3) is 0 Å². The fourth-order valence-corrected chi connectivity index (χ4v) is 2.72. The molecule has 0 N–H and O–H groups in total. The summed E-state index contributed by atoms with van der Waals surface area (Å²) >= 11 is 0. The second kappa shape index (κ2) is 8.07. The highest BCUT2D eigenvalue weighted by atomic mass is 16.1. The summed E-state index contributed by atoms with van der Waals surface area (Å²) in [5.74, 6) is 0.0579. The number of rotatable bonds is 6. The first-order chi connectivity index (χ1) is 11.8. The van der Waals surface area contributed by atoms with Crippen LogP contribution in [0.15, 0.2) is 97.1 Å². The van der Waals surface area contributed by atoms with Gasteiger partial charge >= 0.3 is 0 Å². The summed E-state index contributed by atoms with van der Waals surface area (Å²) in [6.07, 6.45) is 3.55. The number of hydrogen-bond acceptors (Lipinski definition) is 1. The number of allylic oxidation sites excluding steroid dienone is 2. The van der Waals surface area contributed by atoms with Crippen LogP contribution in [0.2, 0.25) is 0 Å². The molecule has 0 fully saturated rings. The molecule has 1 heteroatoms.